The van der Waals surface area contributed by atoms with Crippen LogP contribution in [-0.4, -0.2) is 92.7 Å². The number of hydrogen-bond donors (Lipinski definition) is 9. The van der Waals surface area contributed by atoms with E-state index in [0.29, 0.717) is 0 Å². The Morgan fingerprint density at radius 2 is 1.39 bits per heavy atom. The van der Waals surface area contributed by atoms with Crippen LogP contribution in [0, 0.1) is 0 Å². The number of nitrogens with one attached hydrogen (secondary N) is 3. The average molecular weight is 424 g/mol. The normalized spacial score (nSPS) is 16.0. The maximum atomic E-state index is 12.3. The van der Waals surface area contributed by atoms with Gasteiger partial charge in [0.25, 0.3) is 0 Å². The van der Waals surface area contributed by atoms with Crippen LogP contribution in [-0.2, 0) is 24.0 Å². The SMILES string of the molecule is CC(O)C(N)C(=O)NC(CC(=O)O)C(=O)NC(CS)C(=O)NC(CO)C(=O)O. The number of carbonyl (C=O) groups excluding carboxylic acids is 3. The predicted octanol–water partition coefficient (Wildman–Crippen LogP) is -4.37. The summed E-state index contributed by atoms with van der Waals surface area (Å²) >= 11 is 3.86. The quantitative estimate of drug-likeness (QED) is 0.137. The molecule has 0 heterocycles. The molecule has 0 aliphatic heterocycles. The van der Waals surface area contributed by atoms with E-state index in [1.165, 1.54) is 6.92 Å². The average Bonchev–Trinajstić information content (AvgIpc) is 2.61. The summed E-state index contributed by atoms with van der Waals surface area (Å²) in [4.78, 5) is 58.0. The van der Waals surface area contributed by atoms with Gasteiger partial charge < -0.3 is 42.1 Å². The molecular formula is C14H24N4O9S. The summed E-state index contributed by atoms with van der Waals surface area (Å²) in [5.41, 5.74) is 5.42. The smallest absolute Gasteiger partial charge is 0.328 e. The molecule has 0 rings (SSSR count). The van der Waals surface area contributed by atoms with Crippen molar-refractivity contribution in [3.05, 3.63) is 0 Å². The van der Waals surface area contributed by atoms with Crippen LogP contribution in [0.15, 0.2) is 0 Å². The fraction of sp³-hybridized carbons (Fsp3) is 0.643. The van der Waals surface area contributed by atoms with E-state index in [9.17, 15) is 29.1 Å². The van der Waals surface area contributed by atoms with Crippen LogP contribution >= 0.6 is 12.6 Å². The second kappa shape index (κ2) is 12.1. The first-order valence-corrected chi connectivity index (χ1v) is 8.58. The summed E-state index contributed by atoms with van der Waals surface area (Å²) in [7, 11) is 0. The van der Waals surface area contributed by atoms with Gasteiger partial charge in [0.15, 0.2) is 0 Å². The first-order valence-electron chi connectivity index (χ1n) is 7.95. The number of carbonyl (C=O) groups is 5. The van der Waals surface area contributed by atoms with Crippen LogP contribution < -0.4 is 21.7 Å². The first-order chi connectivity index (χ1) is 12.9. The van der Waals surface area contributed by atoms with Crippen LogP contribution in [0.1, 0.15) is 13.3 Å². The third-order valence-electron chi connectivity index (χ3n) is 3.45. The van der Waals surface area contributed by atoms with E-state index < -0.39 is 73.0 Å². The Hall–Kier alpha value is -2.42. The summed E-state index contributed by atoms with van der Waals surface area (Å²) in [5.74, 6) is -6.30. The number of aliphatic hydroxyl groups is 2. The highest BCUT2D eigenvalue weighted by Gasteiger charge is 2.31. The molecule has 3 amide bonds. The molecule has 0 aromatic heterocycles. The Kier molecular flexibility index (Phi) is 11.1. The molecule has 28 heavy (non-hydrogen) atoms. The number of carboxylic acid groups (broad SMARTS) is 2. The zero-order valence-corrected chi connectivity index (χ0v) is 15.8. The molecule has 0 aliphatic carbocycles. The zero-order valence-electron chi connectivity index (χ0n) is 14.9. The number of hydrogen-bond acceptors (Lipinski definition) is 9. The first kappa shape index (κ1) is 25.6. The molecule has 0 saturated heterocycles. The third-order valence-corrected chi connectivity index (χ3v) is 3.81. The highest BCUT2D eigenvalue weighted by Crippen LogP contribution is 1.99. The van der Waals surface area contributed by atoms with Crippen molar-refractivity contribution in [1.29, 1.82) is 0 Å². The molecule has 0 aromatic carbocycles. The summed E-state index contributed by atoms with van der Waals surface area (Å²) in [5, 5.41) is 42.1. The van der Waals surface area contributed by atoms with E-state index >= 15 is 0 Å². The number of nitrogens with two attached hydrogens (primary N) is 1. The van der Waals surface area contributed by atoms with Crippen molar-refractivity contribution in [3.63, 3.8) is 0 Å². The Labute approximate surface area is 165 Å². The van der Waals surface area contributed by atoms with Crippen molar-refractivity contribution in [2.45, 2.75) is 43.6 Å². The van der Waals surface area contributed by atoms with Gasteiger partial charge in [-0.05, 0) is 6.92 Å². The van der Waals surface area contributed by atoms with Gasteiger partial charge in [-0.1, -0.05) is 0 Å². The lowest BCUT2D eigenvalue weighted by atomic mass is 10.1. The van der Waals surface area contributed by atoms with Gasteiger partial charge in [-0.2, -0.15) is 12.6 Å². The molecule has 160 valence electrons. The van der Waals surface area contributed by atoms with Gasteiger partial charge in [0.05, 0.1) is 19.1 Å². The number of amides is 3. The Morgan fingerprint density at radius 3 is 1.79 bits per heavy atom. The van der Waals surface area contributed by atoms with Crippen LogP contribution in [0.25, 0.3) is 0 Å². The standard InChI is InChI=1S/C14H24N4O9S/c1-5(20)10(15)13(25)16-6(2-9(21)22)11(23)18-8(4-28)12(24)17-7(3-19)14(26)27/h5-8,10,19-20,28H,2-4,15H2,1H3,(H,16,25)(H,17,24)(H,18,23)(H,21,22)(H,26,27). The molecule has 14 heteroatoms. The van der Waals surface area contributed by atoms with Gasteiger partial charge in [0, 0.05) is 5.75 Å². The van der Waals surface area contributed by atoms with Gasteiger partial charge in [-0.25, -0.2) is 4.79 Å². The van der Waals surface area contributed by atoms with Crippen molar-refractivity contribution >= 4 is 42.3 Å². The summed E-state index contributed by atoms with van der Waals surface area (Å²) in [6.45, 7) is 0.320. The van der Waals surface area contributed by atoms with Crippen molar-refractivity contribution in [2.24, 2.45) is 5.73 Å². The Morgan fingerprint density at radius 1 is 0.929 bits per heavy atom. The van der Waals surface area contributed by atoms with Crippen LogP contribution in [0.3, 0.4) is 0 Å². The van der Waals surface area contributed by atoms with Crippen molar-refractivity contribution < 1.29 is 44.4 Å². The molecule has 0 spiro atoms. The predicted molar refractivity (Wildman–Crippen MR) is 96.3 cm³/mol. The molecular weight excluding hydrogens is 400 g/mol. The number of aliphatic hydroxyl groups excluding tert-OH is 2. The van der Waals surface area contributed by atoms with Gasteiger partial charge >= 0.3 is 11.9 Å². The van der Waals surface area contributed by atoms with Gasteiger partial charge in [0.1, 0.15) is 24.2 Å². The number of rotatable bonds is 12. The lowest BCUT2D eigenvalue weighted by Crippen LogP contribution is -2.59. The molecule has 0 aromatic rings. The van der Waals surface area contributed by atoms with Crippen LogP contribution in [0.4, 0.5) is 0 Å². The van der Waals surface area contributed by atoms with E-state index in [1.807, 2.05) is 5.32 Å². The number of carboxylic acids is 2. The molecule has 0 bridgehead atoms. The molecule has 5 atom stereocenters. The van der Waals surface area contributed by atoms with E-state index in [-0.39, 0.29) is 5.75 Å². The molecule has 0 saturated carbocycles. The minimum absolute atomic E-state index is 0.295. The highest BCUT2D eigenvalue weighted by atomic mass is 32.1. The monoisotopic (exact) mass is 424 g/mol. The maximum absolute atomic E-state index is 12.3. The third kappa shape index (κ3) is 8.51. The largest absolute Gasteiger partial charge is 0.481 e. The van der Waals surface area contributed by atoms with Crippen molar-refractivity contribution in [1.82, 2.24) is 16.0 Å². The highest BCUT2D eigenvalue weighted by molar-refractivity contribution is 7.80. The van der Waals surface area contributed by atoms with Crippen LogP contribution in [0.2, 0.25) is 0 Å². The Balaban J connectivity index is 5.19. The lowest BCUT2D eigenvalue weighted by molar-refractivity contribution is -0.144. The Bertz CT molecular complexity index is 601. The van der Waals surface area contributed by atoms with E-state index in [1.54, 1.807) is 0 Å². The molecule has 9 N–H and O–H groups in total. The topological polar surface area (TPSA) is 228 Å². The summed E-state index contributed by atoms with van der Waals surface area (Å²) < 4.78 is 0. The summed E-state index contributed by atoms with van der Waals surface area (Å²) in [6, 6.07) is -6.06. The lowest BCUT2D eigenvalue weighted by Gasteiger charge is -2.24. The maximum Gasteiger partial charge on any atom is 0.328 e. The van der Waals surface area contributed by atoms with Gasteiger partial charge in [-0.15, -0.1) is 0 Å². The zero-order chi connectivity index (χ0) is 22.0. The second-order valence-electron chi connectivity index (χ2n) is 5.75. The summed E-state index contributed by atoms with van der Waals surface area (Å²) in [6.07, 6.45) is -2.12. The van der Waals surface area contributed by atoms with Gasteiger partial charge in [-0.3, -0.25) is 19.2 Å². The second-order valence-corrected chi connectivity index (χ2v) is 6.12. The molecule has 0 aliphatic rings. The van der Waals surface area contributed by atoms with Gasteiger partial charge in [0.2, 0.25) is 17.7 Å². The minimum Gasteiger partial charge on any atom is -0.481 e. The molecule has 0 radical (unpaired) electrons. The van der Waals surface area contributed by atoms with E-state index in [2.05, 4.69) is 23.3 Å². The van der Waals surface area contributed by atoms with E-state index in [0.717, 1.165) is 0 Å². The fourth-order valence-electron chi connectivity index (χ4n) is 1.80. The number of thiol groups is 1. The van der Waals surface area contributed by atoms with Crippen LogP contribution in [0.5, 0.6) is 0 Å². The van der Waals surface area contributed by atoms with Crippen molar-refractivity contribution in [2.75, 3.05) is 12.4 Å². The number of aliphatic carboxylic acids is 2. The van der Waals surface area contributed by atoms with E-state index in [4.69, 9.17) is 21.1 Å². The fourth-order valence-corrected chi connectivity index (χ4v) is 2.05. The molecule has 13 nitrogen and oxygen atoms in total. The minimum atomic E-state index is -1.63. The molecule has 5 unspecified atom stereocenters. The molecule has 0 fully saturated rings. The van der Waals surface area contributed by atoms with Crippen molar-refractivity contribution in [3.8, 4) is 0 Å².